The maximum atomic E-state index is 6.31. The molecule has 0 aliphatic carbocycles. The number of rotatable bonds is 4. The molecule has 0 fully saturated rings. The fourth-order valence-corrected chi connectivity index (χ4v) is 2.43. The van der Waals surface area contributed by atoms with Crippen LogP contribution in [0.4, 0.5) is 0 Å². The van der Waals surface area contributed by atoms with Gasteiger partial charge in [0, 0.05) is 23.2 Å². The van der Waals surface area contributed by atoms with E-state index >= 15 is 0 Å². The minimum atomic E-state index is 0.0130. The fraction of sp³-hybridized carbons (Fsp3) is 0.294. The Morgan fingerprint density at radius 3 is 2.30 bits per heavy atom. The van der Waals surface area contributed by atoms with Crippen molar-refractivity contribution in [3.63, 3.8) is 0 Å². The van der Waals surface area contributed by atoms with Crippen LogP contribution >= 0.6 is 11.6 Å². The first-order valence-electron chi connectivity index (χ1n) is 6.76. The summed E-state index contributed by atoms with van der Waals surface area (Å²) < 4.78 is 0. The van der Waals surface area contributed by atoms with Gasteiger partial charge in [-0.15, -0.1) is 0 Å². The Bertz CT molecular complexity index is 574. The summed E-state index contributed by atoms with van der Waals surface area (Å²) in [6, 6.07) is 14.5. The van der Waals surface area contributed by atoms with Crippen LogP contribution in [0.15, 0.2) is 42.5 Å². The molecule has 1 unspecified atom stereocenters. The summed E-state index contributed by atoms with van der Waals surface area (Å²) in [4.78, 5) is 2.15. The van der Waals surface area contributed by atoms with Gasteiger partial charge in [0.2, 0.25) is 0 Å². The minimum absolute atomic E-state index is 0.0130. The molecule has 0 aliphatic rings. The number of nitrogens with two attached hydrogens (primary N) is 1. The predicted molar refractivity (Wildman–Crippen MR) is 86.9 cm³/mol. The van der Waals surface area contributed by atoms with Crippen molar-refractivity contribution in [3.05, 3.63) is 58.6 Å². The van der Waals surface area contributed by atoms with Crippen LogP contribution in [-0.4, -0.2) is 19.0 Å². The van der Waals surface area contributed by atoms with Crippen molar-refractivity contribution in [2.24, 2.45) is 5.73 Å². The van der Waals surface area contributed by atoms with Gasteiger partial charge < -0.3 is 10.6 Å². The van der Waals surface area contributed by atoms with Crippen LogP contribution in [0.5, 0.6) is 0 Å². The lowest BCUT2D eigenvalue weighted by Crippen LogP contribution is -2.10. The van der Waals surface area contributed by atoms with E-state index in [2.05, 4.69) is 49.3 Å². The SMILES string of the molecule is CC(N)c1ccc(Cl)c(-c2ccc(CN(C)C)cc2)c1. The van der Waals surface area contributed by atoms with E-state index in [1.54, 1.807) is 0 Å². The van der Waals surface area contributed by atoms with Gasteiger partial charge >= 0.3 is 0 Å². The first-order valence-corrected chi connectivity index (χ1v) is 7.14. The molecule has 20 heavy (non-hydrogen) atoms. The molecule has 0 saturated carbocycles. The lowest BCUT2D eigenvalue weighted by molar-refractivity contribution is 0.402. The van der Waals surface area contributed by atoms with Gasteiger partial charge in [-0.3, -0.25) is 0 Å². The maximum absolute atomic E-state index is 6.31. The quantitative estimate of drug-likeness (QED) is 0.918. The highest BCUT2D eigenvalue weighted by atomic mass is 35.5. The smallest absolute Gasteiger partial charge is 0.0484 e. The van der Waals surface area contributed by atoms with E-state index in [0.717, 1.165) is 28.3 Å². The molecule has 0 amide bonds. The van der Waals surface area contributed by atoms with E-state index in [1.165, 1.54) is 5.56 Å². The van der Waals surface area contributed by atoms with E-state index in [0.29, 0.717) is 0 Å². The van der Waals surface area contributed by atoms with Crippen LogP contribution in [0.1, 0.15) is 24.1 Å². The van der Waals surface area contributed by atoms with Crippen molar-refractivity contribution in [2.75, 3.05) is 14.1 Å². The third-order valence-electron chi connectivity index (χ3n) is 3.28. The first-order chi connectivity index (χ1) is 9.47. The molecule has 2 N–H and O–H groups in total. The van der Waals surface area contributed by atoms with E-state index < -0.39 is 0 Å². The number of nitrogens with zero attached hydrogens (tertiary/aromatic N) is 1. The zero-order valence-electron chi connectivity index (χ0n) is 12.2. The second kappa shape index (κ2) is 6.40. The number of benzene rings is 2. The van der Waals surface area contributed by atoms with Gasteiger partial charge in [0.05, 0.1) is 0 Å². The largest absolute Gasteiger partial charge is 0.324 e. The fourth-order valence-electron chi connectivity index (χ4n) is 2.20. The summed E-state index contributed by atoms with van der Waals surface area (Å²) >= 11 is 6.31. The van der Waals surface area contributed by atoms with Crippen LogP contribution in [0.3, 0.4) is 0 Å². The second-order valence-corrected chi connectivity index (χ2v) is 5.87. The normalized spacial score (nSPS) is 12.7. The number of halogens is 1. The highest BCUT2D eigenvalue weighted by Gasteiger charge is 2.07. The van der Waals surface area contributed by atoms with Gasteiger partial charge in [0.1, 0.15) is 0 Å². The molecular weight excluding hydrogens is 268 g/mol. The summed E-state index contributed by atoms with van der Waals surface area (Å²) in [5.41, 5.74) is 10.5. The minimum Gasteiger partial charge on any atom is -0.324 e. The molecule has 2 aromatic rings. The molecule has 0 heterocycles. The van der Waals surface area contributed by atoms with Gasteiger partial charge in [0.15, 0.2) is 0 Å². The summed E-state index contributed by atoms with van der Waals surface area (Å²) in [6.07, 6.45) is 0. The molecule has 0 bridgehead atoms. The van der Waals surface area contributed by atoms with Crippen molar-refractivity contribution in [3.8, 4) is 11.1 Å². The summed E-state index contributed by atoms with van der Waals surface area (Å²) in [6.45, 7) is 2.92. The van der Waals surface area contributed by atoms with E-state index in [1.807, 2.05) is 19.1 Å². The standard InChI is InChI=1S/C17H21ClN2/c1-12(19)15-8-9-17(18)16(10-15)14-6-4-13(5-7-14)11-20(2)3/h4-10,12H,11,19H2,1-3H3. The van der Waals surface area contributed by atoms with Gasteiger partial charge in [-0.1, -0.05) is 41.9 Å². The Hall–Kier alpha value is -1.35. The topological polar surface area (TPSA) is 29.3 Å². The molecule has 2 nitrogen and oxygen atoms in total. The molecule has 1 atom stereocenters. The summed E-state index contributed by atoms with van der Waals surface area (Å²) in [5, 5.41) is 0.759. The third kappa shape index (κ3) is 3.60. The molecule has 3 heteroatoms. The molecule has 106 valence electrons. The molecule has 0 aromatic heterocycles. The lowest BCUT2D eigenvalue weighted by Gasteiger charge is -2.12. The summed E-state index contributed by atoms with van der Waals surface area (Å²) in [5.74, 6) is 0. The monoisotopic (exact) mass is 288 g/mol. The van der Waals surface area contributed by atoms with Gasteiger partial charge in [-0.05, 0) is 49.8 Å². The molecule has 0 spiro atoms. The summed E-state index contributed by atoms with van der Waals surface area (Å²) in [7, 11) is 4.13. The van der Waals surface area contributed by atoms with E-state index in [9.17, 15) is 0 Å². The Labute approximate surface area is 126 Å². The van der Waals surface area contributed by atoms with Crippen LogP contribution in [0.25, 0.3) is 11.1 Å². The van der Waals surface area contributed by atoms with Crippen LogP contribution < -0.4 is 5.73 Å². The Balaban J connectivity index is 2.33. The van der Waals surface area contributed by atoms with Crippen LogP contribution in [0.2, 0.25) is 5.02 Å². The lowest BCUT2D eigenvalue weighted by atomic mass is 9.99. The van der Waals surface area contributed by atoms with Crippen LogP contribution in [-0.2, 0) is 6.54 Å². The Morgan fingerprint density at radius 1 is 1.10 bits per heavy atom. The maximum Gasteiger partial charge on any atom is 0.0484 e. The average molecular weight is 289 g/mol. The predicted octanol–water partition coefficient (Wildman–Crippen LogP) is 4.09. The van der Waals surface area contributed by atoms with Crippen molar-refractivity contribution < 1.29 is 0 Å². The second-order valence-electron chi connectivity index (χ2n) is 5.46. The zero-order valence-corrected chi connectivity index (χ0v) is 13.0. The Morgan fingerprint density at radius 2 is 1.75 bits per heavy atom. The van der Waals surface area contributed by atoms with Gasteiger partial charge in [-0.2, -0.15) is 0 Å². The molecule has 0 aliphatic heterocycles. The van der Waals surface area contributed by atoms with Crippen molar-refractivity contribution in [1.29, 1.82) is 0 Å². The average Bonchev–Trinajstić information content (AvgIpc) is 2.39. The van der Waals surface area contributed by atoms with Crippen molar-refractivity contribution in [1.82, 2.24) is 4.90 Å². The molecular formula is C17H21ClN2. The van der Waals surface area contributed by atoms with Crippen LogP contribution in [0, 0.1) is 0 Å². The highest BCUT2D eigenvalue weighted by molar-refractivity contribution is 6.33. The molecule has 0 radical (unpaired) electrons. The molecule has 2 rings (SSSR count). The Kier molecular flexibility index (Phi) is 4.81. The molecule has 0 saturated heterocycles. The van der Waals surface area contributed by atoms with Crippen molar-refractivity contribution in [2.45, 2.75) is 19.5 Å². The first kappa shape index (κ1) is 15.0. The van der Waals surface area contributed by atoms with E-state index in [-0.39, 0.29) is 6.04 Å². The zero-order chi connectivity index (χ0) is 14.7. The number of hydrogen-bond donors (Lipinski definition) is 1. The van der Waals surface area contributed by atoms with E-state index in [4.69, 9.17) is 17.3 Å². The highest BCUT2D eigenvalue weighted by Crippen LogP contribution is 2.30. The van der Waals surface area contributed by atoms with Gasteiger partial charge in [-0.25, -0.2) is 0 Å². The van der Waals surface area contributed by atoms with Gasteiger partial charge in [0.25, 0.3) is 0 Å². The molecule has 2 aromatic carbocycles. The van der Waals surface area contributed by atoms with Crippen molar-refractivity contribution >= 4 is 11.6 Å². The third-order valence-corrected chi connectivity index (χ3v) is 3.61. The number of hydrogen-bond acceptors (Lipinski definition) is 2.